The van der Waals surface area contributed by atoms with Gasteiger partial charge in [0.25, 0.3) is 0 Å². The van der Waals surface area contributed by atoms with Crippen LogP contribution in [-0.4, -0.2) is 41.9 Å². The summed E-state index contributed by atoms with van der Waals surface area (Å²) < 4.78 is 26.2. The monoisotopic (exact) mass is 348 g/mol. The Kier molecular flexibility index (Phi) is 7.56. The quantitative estimate of drug-likeness (QED) is 0.644. The van der Waals surface area contributed by atoms with E-state index in [9.17, 15) is 8.42 Å². The summed E-state index contributed by atoms with van der Waals surface area (Å²) >= 11 is 3.32. The van der Waals surface area contributed by atoms with E-state index in [4.69, 9.17) is 0 Å². The smallest absolute Gasteiger partial charge is 0.214 e. The molecule has 0 unspecified atom stereocenters. The first-order chi connectivity index (χ1) is 9.10. The number of unbranched alkanes of at least 4 members (excludes halogenated alkanes) is 1. The molecule has 19 heavy (non-hydrogen) atoms. The summed E-state index contributed by atoms with van der Waals surface area (Å²) in [6, 6.07) is 3.72. The first kappa shape index (κ1) is 16.6. The van der Waals surface area contributed by atoms with E-state index < -0.39 is 10.0 Å². The van der Waals surface area contributed by atoms with Crippen LogP contribution in [0.5, 0.6) is 0 Å². The van der Waals surface area contributed by atoms with E-state index in [1.54, 1.807) is 16.7 Å². The van der Waals surface area contributed by atoms with Crippen molar-refractivity contribution in [2.75, 3.05) is 24.2 Å². The van der Waals surface area contributed by atoms with E-state index in [0.717, 1.165) is 18.4 Å². The van der Waals surface area contributed by atoms with Gasteiger partial charge in [-0.15, -0.1) is 0 Å². The molecule has 0 aliphatic carbocycles. The number of pyridine rings is 1. The summed E-state index contributed by atoms with van der Waals surface area (Å²) in [7, 11) is -3.17. The molecule has 0 N–H and O–H groups in total. The first-order valence-corrected chi connectivity index (χ1v) is 9.26. The Labute approximate surface area is 124 Å². The highest BCUT2D eigenvalue weighted by atomic mass is 79.9. The van der Waals surface area contributed by atoms with Crippen molar-refractivity contribution in [3.8, 4) is 0 Å². The number of hydrogen-bond acceptors (Lipinski definition) is 3. The van der Waals surface area contributed by atoms with Gasteiger partial charge in [-0.1, -0.05) is 29.3 Å². The normalized spacial score (nSPS) is 11.9. The van der Waals surface area contributed by atoms with E-state index in [2.05, 4.69) is 27.8 Å². The molecule has 0 saturated carbocycles. The van der Waals surface area contributed by atoms with Gasteiger partial charge in [-0.3, -0.25) is 4.98 Å². The molecule has 0 spiro atoms. The number of halogens is 1. The van der Waals surface area contributed by atoms with Gasteiger partial charge in [-0.2, -0.15) is 0 Å². The molecule has 4 nitrogen and oxygen atoms in total. The number of aryl methyl sites for hydroxylation is 1. The van der Waals surface area contributed by atoms with Gasteiger partial charge < -0.3 is 0 Å². The molecular weight excluding hydrogens is 328 g/mol. The maximum Gasteiger partial charge on any atom is 0.214 e. The van der Waals surface area contributed by atoms with Crippen LogP contribution in [0.2, 0.25) is 0 Å². The van der Waals surface area contributed by atoms with Crippen molar-refractivity contribution < 1.29 is 8.42 Å². The molecule has 1 heterocycles. The largest absolute Gasteiger partial charge is 0.265 e. The third-order valence-electron chi connectivity index (χ3n) is 2.89. The Balaban J connectivity index is 2.61. The van der Waals surface area contributed by atoms with Crippen LogP contribution in [0.1, 0.15) is 25.3 Å². The lowest BCUT2D eigenvalue weighted by Crippen LogP contribution is -2.35. The zero-order valence-corrected chi connectivity index (χ0v) is 13.7. The third-order valence-corrected chi connectivity index (χ3v) is 5.11. The number of aromatic nitrogens is 1. The Hall–Kier alpha value is -0.460. The molecule has 108 valence electrons. The average Bonchev–Trinajstić information content (AvgIpc) is 2.42. The average molecular weight is 349 g/mol. The highest BCUT2D eigenvalue weighted by Crippen LogP contribution is 2.08. The van der Waals surface area contributed by atoms with Gasteiger partial charge in [-0.25, -0.2) is 12.7 Å². The van der Waals surface area contributed by atoms with Gasteiger partial charge in [0.05, 0.1) is 5.75 Å². The van der Waals surface area contributed by atoms with Crippen LogP contribution in [0.4, 0.5) is 0 Å². The second-order valence-electron chi connectivity index (χ2n) is 4.36. The van der Waals surface area contributed by atoms with Crippen LogP contribution in [-0.2, 0) is 16.4 Å². The molecule has 1 aromatic rings. The predicted octanol–water partition coefficient (Wildman–Crippen LogP) is 2.45. The van der Waals surface area contributed by atoms with Crippen molar-refractivity contribution in [3.63, 3.8) is 0 Å². The van der Waals surface area contributed by atoms with Crippen molar-refractivity contribution in [3.05, 3.63) is 30.1 Å². The van der Waals surface area contributed by atoms with Crippen molar-refractivity contribution in [1.29, 1.82) is 0 Å². The summed E-state index contributed by atoms with van der Waals surface area (Å²) in [5.74, 6) is 0.160. The lowest BCUT2D eigenvalue weighted by atomic mass is 10.2. The standard InChI is InChI=1S/C13H21BrN2O2S/c1-2-3-10-16(11-7-14)19(17,18)12-6-13-4-8-15-9-5-13/h4-5,8-9H,2-3,6-7,10-12H2,1H3. The van der Waals surface area contributed by atoms with Gasteiger partial charge in [0.2, 0.25) is 10.0 Å². The van der Waals surface area contributed by atoms with E-state index in [1.807, 2.05) is 12.1 Å². The summed E-state index contributed by atoms with van der Waals surface area (Å²) in [5.41, 5.74) is 1.01. The fourth-order valence-electron chi connectivity index (χ4n) is 1.74. The zero-order chi connectivity index (χ0) is 14.1. The van der Waals surface area contributed by atoms with Gasteiger partial charge >= 0.3 is 0 Å². The highest BCUT2D eigenvalue weighted by molar-refractivity contribution is 9.09. The van der Waals surface area contributed by atoms with Crippen LogP contribution >= 0.6 is 15.9 Å². The minimum Gasteiger partial charge on any atom is -0.265 e. The number of alkyl halides is 1. The zero-order valence-electron chi connectivity index (χ0n) is 11.3. The van der Waals surface area contributed by atoms with Crippen LogP contribution in [0, 0.1) is 0 Å². The molecule has 0 fully saturated rings. The molecular formula is C13H21BrN2O2S. The summed E-state index contributed by atoms with van der Waals surface area (Å²) in [6.45, 7) is 3.22. The van der Waals surface area contributed by atoms with Crippen molar-refractivity contribution >= 4 is 26.0 Å². The number of rotatable bonds is 9. The second-order valence-corrected chi connectivity index (χ2v) is 7.24. The van der Waals surface area contributed by atoms with Crippen LogP contribution in [0.25, 0.3) is 0 Å². The SMILES string of the molecule is CCCCN(CCBr)S(=O)(=O)CCc1ccncc1. The lowest BCUT2D eigenvalue weighted by Gasteiger charge is -2.21. The van der Waals surface area contributed by atoms with Gasteiger partial charge in [0.15, 0.2) is 0 Å². The molecule has 1 aromatic heterocycles. The first-order valence-electron chi connectivity index (χ1n) is 6.53. The van der Waals surface area contributed by atoms with Crippen molar-refractivity contribution in [2.24, 2.45) is 0 Å². The molecule has 0 bridgehead atoms. The highest BCUT2D eigenvalue weighted by Gasteiger charge is 2.20. The topological polar surface area (TPSA) is 50.3 Å². The van der Waals surface area contributed by atoms with Crippen LogP contribution < -0.4 is 0 Å². The minimum atomic E-state index is -3.17. The van der Waals surface area contributed by atoms with Crippen LogP contribution in [0.15, 0.2) is 24.5 Å². The maximum absolute atomic E-state index is 12.3. The van der Waals surface area contributed by atoms with E-state index in [0.29, 0.717) is 24.8 Å². The van der Waals surface area contributed by atoms with E-state index in [-0.39, 0.29) is 5.75 Å². The molecule has 0 radical (unpaired) electrons. The fourth-order valence-corrected chi connectivity index (χ4v) is 3.94. The molecule has 1 rings (SSSR count). The Morgan fingerprint density at radius 2 is 1.95 bits per heavy atom. The maximum atomic E-state index is 12.3. The third kappa shape index (κ3) is 6.01. The Morgan fingerprint density at radius 3 is 2.53 bits per heavy atom. The molecule has 6 heteroatoms. The number of sulfonamides is 1. The van der Waals surface area contributed by atoms with E-state index in [1.165, 1.54) is 0 Å². The Morgan fingerprint density at radius 1 is 1.26 bits per heavy atom. The van der Waals surface area contributed by atoms with Gasteiger partial charge in [-0.05, 0) is 30.5 Å². The molecule has 0 atom stereocenters. The summed E-state index contributed by atoms with van der Waals surface area (Å²) in [6.07, 6.45) is 5.82. The molecule has 0 aromatic carbocycles. The number of nitrogens with zero attached hydrogens (tertiary/aromatic N) is 2. The number of hydrogen-bond donors (Lipinski definition) is 0. The van der Waals surface area contributed by atoms with Crippen molar-refractivity contribution in [2.45, 2.75) is 26.2 Å². The molecule has 0 amide bonds. The fraction of sp³-hybridized carbons (Fsp3) is 0.615. The molecule has 0 aliphatic rings. The second kappa shape index (κ2) is 8.66. The predicted molar refractivity (Wildman–Crippen MR) is 82.0 cm³/mol. The minimum absolute atomic E-state index is 0.160. The Bertz CT molecular complexity index is 451. The van der Waals surface area contributed by atoms with Gasteiger partial charge in [0.1, 0.15) is 0 Å². The lowest BCUT2D eigenvalue weighted by molar-refractivity contribution is 0.422. The molecule has 0 saturated heterocycles. The van der Waals surface area contributed by atoms with Gasteiger partial charge in [0, 0.05) is 30.8 Å². The summed E-state index contributed by atoms with van der Waals surface area (Å²) in [5, 5.41) is 0.672. The van der Waals surface area contributed by atoms with Crippen LogP contribution in [0.3, 0.4) is 0 Å². The summed E-state index contributed by atoms with van der Waals surface area (Å²) in [4.78, 5) is 3.93. The van der Waals surface area contributed by atoms with E-state index >= 15 is 0 Å². The molecule has 0 aliphatic heterocycles. The van der Waals surface area contributed by atoms with Crippen molar-refractivity contribution in [1.82, 2.24) is 9.29 Å².